The molecule has 1 N–H and O–H groups in total. The second-order valence-electron chi connectivity index (χ2n) is 2.71. The van der Waals surface area contributed by atoms with Gasteiger partial charge in [0, 0.05) is 28.4 Å². The Bertz CT molecular complexity index is 295. The summed E-state index contributed by atoms with van der Waals surface area (Å²) in [6, 6.07) is 0.343. The third-order valence-corrected chi connectivity index (χ3v) is 2.32. The molecule has 0 amide bonds. The van der Waals surface area contributed by atoms with E-state index in [1.807, 2.05) is 5.25 Å². The first kappa shape index (κ1) is 9.85. The average molecular weight is 208 g/mol. The molecule has 1 saturated heterocycles. The van der Waals surface area contributed by atoms with Crippen molar-refractivity contribution in [1.29, 1.82) is 0 Å². The highest BCUT2D eigenvalue weighted by molar-refractivity contribution is 8.17. The molecule has 0 aromatic rings. The molecule has 1 aliphatic rings. The van der Waals surface area contributed by atoms with Crippen LogP contribution in [-0.4, -0.2) is 21.0 Å². The molecule has 1 fully saturated rings. The molecule has 0 saturated carbocycles. The monoisotopic (exact) mass is 207 g/mol. The minimum atomic E-state index is -3.63. The Morgan fingerprint density at radius 2 is 2.33 bits per heavy atom. The summed E-state index contributed by atoms with van der Waals surface area (Å²) in [5.41, 5.74) is 0. The van der Waals surface area contributed by atoms with Crippen LogP contribution in [0.1, 0.15) is 19.3 Å². The number of nitrogens with one attached hydrogen (secondary N) is 1. The van der Waals surface area contributed by atoms with Crippen molar-refractivity contribution in [3.8, 4) is 11.2 Å². The van der Waals surface area contributed by atoms with Crippen molar-refractivity contribution in [3.63, 3.8) is 0 Å². The highest BCUT2D eigenvalue weighted by Gasteiger charge is 2.11. The molecule has 0 radical (unpaired) electrons. The van der Waals surface area contributed by atoms with Crippen molar-refractivity contribution in [2.75, 3.05) is 6.54 Å². The van der Waals surface area contributed by atoms with Crippen molar-refractivity contribution >= 4 is 19.7 Å². The van der Waals surface area contributed by atoms with Crippen molar-refractivity contribution < 1.29 is 8.42 Å². The zero-order valence-corrected chi connectivity index (χ0v) is 8.08. The Morgan fingerprint density at radius 1 is 1.58 bits per heavy atom. The van der Waals surface area contributed by atoms with E-state index < -0.39 is 9.05 Å². The van der Waals surface area contributed by atoms with Gasteiger partial charge in [-0.05, 0) is 19.4 Å². The predicted octanol–water partition coefficient (Wildman–Crippen LogP) is 0.658. The van der Waals surface area contributed by atoms with Crippen LogP contribution in [0.5, 0.6) is 0 Å². The van der Waals surface area contributed by atoms with Crippen molar-refractivity contribution in [3.05, 3.63) is 0 Å². The summed E-state index contributed by atoms with van der Waals surface area (Å²) in [6.45, 7) is 1.000. The molecule has 5 heteroatoms. The Labute approximate surface area is 76.9 Å². The first-order valence-corrected chi connectivity index (χ1v) is 6.06. The molecule has 12 heavy (non-hydrogen) atoms. The fraction of sp³-hybridized carbons (Fsp3) is 0.714. The standard InChI is InChI=1S/C7H10ClNO2S/c8-12(10,11)6-2-4-7-3-1-5-9-7/h7,9H,1,3-5H2. The van der Waals surface area contributed by atoms with Gasteiger partial charge in [0.1, 0.15) is 0 Å². The van der Waals surface area contributed by atoms with Gasteiger partial charge in [-0.25, -0.2) is 0 Å². The topological polar surface area (TPSA) is 46.2 Å². The van der Waals surface area contributed by atoms with Crippen LogP contribution in [0.4, 0.5) is 0 Å². The normalized spacial score (nSPS) is 23.2. The number of halogens is 1. The molecule has 1 unspecified atom stereocenters. The van der Waals surface area contributed by atoms with Gasteiger partial charge in [0.25, 0.3) is 0 Å². The van der Waals surface area contributed by atoms with E-state index in [0.29, 0.717) is 12.5 Å². The summed E-state index contributed by atoms with van der Waals surface area (Å²) in [6.07, 6.45) is 2.77. The summed E-state index contributed by atoms with van der Waals surface area (Å²) in [7, 11) is 1.26. The van der Waals surface area contributed by atoms with E-state index in [4.69, 9.17) is 10.7 Å². The molecule has 0 bridgehead atoms. The SMILES string of the molecule is O=S(=O)(Cl)C#CCC1CCCN1. The van der Waals surface area contributed by atoms with E-state index in [1.165, 1.54) is 0 Å². The van der Waals surface area contributed by atoms with E-state index in [2.05, 4.69) is 11.2 Å². The highest BCUT2D eigenvalue weighted by Crippen LogP contribution is 2.07. The second-order valence-corrected chi connectivity index (χ2v) is 5.01. The van der Waals surface area contributed by atoms with E-state index in [0.717, 1.165) is 19.4 Å². The summed E-state index contributed by atoms with van der Waals surface area (Å²) >= 11 is 0. The molecule has 3 nitrogen and oxygen atoms in total. The van der Waals surface area contributed by atoms with Gasteiger partial charge in [-0.15, -0.1) is 0 Å². The van der Waals surface area contributed by atoms with Gasteiger partial charge in [0.05, 0.1) is 0 Å². The highest BCUT2D eigenvalue weighted by atomic mass is 35.7. The number of hydrogen-bond acceptors (Lipinski definition) is 3. The minimum absolute atomic E-state index is 0.343. The zero-order chi connectivity index (χ0) is 9.03. The quantitative estimate of drug-likeness (QED) is 0.508. The Kier molecular flexibility index (Phi) is 3.39. The van der Waals surface area contributed by atoms with Crippen molar-refractivity contribution in [2.45, 2.75) is 25.3 Å². The van der Waals surface area contributed by atoms with Crippen LogP contribution in [0.2, 0.25) is 0 Å². The molecular weight excluding hydrogens is 198 g/mol. The Hall–Kier alpha value is -0.240. The van der Waals surface area contributed by atoms with Gasteiger partial charge in [-0.2, -0.15) is 8.42 Å². The van der Waals surface area contributed by atoms with Crippen LogP contribution >= 0.6 is 10.7 Å². The summed E-state index contributed by atoms with van der Waals surface area (Å²) in [5, 5.41) is 5.20. The lowest BCUT2D eigenvalue weighted by Gasteiger charge is -2.02. The van der Waals surface area contributed by atoms with Gasteiger partial charge in [-0.1, -0.05) is 5.92 Å². The van der Waals surface area contributed by atoms with E-state index in [9.17, 15) is 8.42 Å². The summed E-state index contributed by atoms with van der Waals surface area (Å²) < 4.78 is 20.8. The molecule has 68 valence electrons. The molecule has 0 aromatic heterocycles. The van der Waals surface area contributed by atoms with Gasteiger partial charge in [-0.3, -0.25) is 0 Å². The van der Waals surface area contributed by atoms with E-state index in [1.54, 1.807) is 0 Å². The second kappa shape index (κ2) is 4.13. The maximum Gasteiger partial charge on any atom is 0.300 e. The molecule has 0 spiro atoms. The van der Waals surface area contributed by atoms with E-state index in [-0.39, 0.29) is 0 Å². The van der Waals surface area contributed by atoms with Crippen LogP contribution in [0.25, 0.3) is 0 Å². The maximum absolute atomic E-state index is 10.4. The summed E-state index contributed by atoms with van der Waals surface area (Å²) in [4.78, 5) is 0. The lowest BCUT2D eigenvalue weighted by atomic mass is 10.2. The van der Waals surface area contributed by atoms with Gasteiger partial charge >= 0.3 is 9.05 Å². The molecule has 1 aliphatic heterocycles. The lowest BCUT2D eigenvalue weighted by Crippen LogP contribution is -2.20. The van der Waals surface area contributed by atoms with Gasteiger partial charge in [0.15, 0.2) is 0 Å². The van der Waals surface area contributed by atoms with Gasteiger partial charge < -0.3 is 5.32 Å². The predicted molar refractivity (Wildman–Crippen MR) is 48.2 cm³/mol. The van der Waals surface area contributed by atoms with Gasteiger partial charge in [0.2, 0.25) is 0 Å². The fourth-order valence-corrected chi connectivity index (χ4v) is 1.60. The Balaban J connectivity index is 2.36. The van der Waals surface area contributed by atoms with Crippen LogP contribution in [0.15, 0.2) is 0 Å². The Morgan fingerprint density at radius 3 is 2.83 bits per heavy atom. The first-order chi connectivity index (χ1) is 5.58. The van der Waals surface area contributed by atoms with Crippen molar-refractivity contribution in [2.24, 2.45) is 0 Å². The number of hydrogen-bond donors (Lipinski definition) is 1. The molecule has 0 aliphatic carbocycles. The minimum Gasteiger partial charge on any atom is -0.313 e. The van der Waals surface area contributed by atoms with Crippen molar-refractivity contribution in [1.82, 2.24) is 5.32 Å². The van der Waals surface area contributed by atoms with Crippen LogP contribution in [0.3, 0.4) is 0 Å². The third kappa shape index (κ3) is 3.96. The van der Waals surface area contributed by atoms with E-state index >= 15 is 0 Å². The third-order valence-electron chi connectivity index (χ3n) is 1.70. The van der Waals surface area contributed by atoms with Crippen LogP contribution in [0, 0.1) is 11.2 Å². The number of rotatable bonds is 1. The maximum atomic E-state index is 10.4. The zero-order valence-electron chi connectivity index (χ0n) is 6.51. The largest absolute Gasteiger partial charge is 0.313 e. The molecule has 1 heterocycles. The first-order valence-electron chi connectivity index (χ1n) is 3.75. The smallest absolute Gasteiger partial charge is 0.300 e. The summed E-state index contributed by atoms with van der Waals surface area (Å²) in [5.74, 6) is 2.53. The molecular formula is C7H10ClNO2S. The lowest BCUT2D eigenvalue weighted by molar-refractivity contribution is 0.617. The average Bonchev–Trinajstić information content (AvgIpc) is 2.36. The molecule has 0 aromatic carbocycles. The molecule has 1 rings (SSSR count). The van der Waals surface area contributed by atoms with Crippen LogP contribution < -0.4 is 5.32 Å². The van der Waals surface area contributed by atoms with Crippen LogP contribution in [-0.2, 0) is 9.05 Å². The fourth-order valence-electron chi connectivity index (χ4n) is 1.18. The molecule has 1 atom stereocenters.